The summed E-state index contributed by atoms with van der Waals surface area (Å²) in [6.07, 6.45) is 3.75. The van der Waals surface area contributed by atoms with Crippen LogP contribution in [0, 0.1) is 0 Å². The molecule has 0 N–H and O–H groups in total. The van der Waals surface area contributed by atoms with E-state index >= 15 is 0 Å². The Hall–Kier alpha value is -1.80. The Morgan fingerprint density at radius 3 is 2.86 bits per heavy atom. The SMILES string of the molecule is COc1cccc(CN(C)C2CCCc3ccccc32)c1. The van der Waals surface area contributed by atoms with Crippen LogP contribution in [0.5, 0.6) is 5.75 Å². The first-order valence-corrected chi connectivity index (χ1v) is 7.69. The van der Waals surface area contributed by atoms with Gasteiger partial charge in [0.15, 0.2) is 0 Å². The highest BCUT2D eigenvalue weighted by atomic mass is 16.5. The van der Waals surface area contributed by atoms with E-state index in [1.165, 1.54) is 36.0 Å². The molecule has 110 valence electrons. The van der Waals surface area contributed by atoms with Gasteiger partial charge in [0.25, 0.3) is 0 Å². The second-order valence-corrected chi connectivity index (χ2v) is 5.87. The van der Waals surface area contributed by atoms with E-state index in [9.17, 15) is 0 Å². The monoisotopic (exact) mass is 281 g/mol. The molecule has 2 nitrogen and oxygen atoms in total. The van der Waals surface area contributed by atoms with Gasteiger partial charge in [-0.15, -0.1) is 0 Å². The van der Waals surface area contributed by atoms with E-state index in [-0.39, 0.29) is 0 Å². The number of aryl methyl sites for hydroxylation is 1. The van der Waals surface area contributed by atoms with Crippen molar-refractivity contribution in [3.63, 3.8) is 0 Å². The lowest BCUT2D eigenvalue weighted by Gasteiger charge is -2.33. The standard InChI is InChI=1S/C19H23NO/c1-20(14-15-7-5-10-17(13-15)21-2)19-12-6-9-16-8-3-4-11-18(16)19/h3-5,7-8,10-11,13,19H,6,9,12,14H2,1-2H3. The number of hydrogen-bond donors (Lipinski definition) is 0. The molecule has 21 heavy (non-hydrogen) atoms. The van der Waals surface area contributed by atoms with Gasteiger partial charge in [0.05, 0.1) is 7.11 Å². The fourth-order valence-electron chi connectivity index (χ4n) is 3.36. The zero-order valence-corrected chi connectivity index (χ0v) is 12.9. The fourth-order valence-corrected chi connectivity index (χ4v) is 3.36. The number of rotatable bonds is 4. The molecule has 1 atom stereocenters. The zero-order valence-electron chi connectivity index (χ0n) is 12.9. The van der Waals surface area contributed by atoms with E-state index in [1.807, 2.05) is 6.07 Å². The quantitative estimate of drug-likeness (QED) is 0.832. The molecule has 1 aliphatic rings. The van der Waals surface area contributed by atoms with Crippen molar-refractivity contribution >= 4 is 0 Å². The van der Waals surface area contributed by atoms with E-state index in [0.717, 1.165) is 12.3 Å². The van der Waals surface area contributed by atoms with Crippen molar-refractivity contribution in [3.05, 3.63) is 65.2 Å². The maximum absolute atomic E-state index is 5.32. The molecule has 0 fully saturated rings. The van der Waals surface area contributed by atoms with Crippen molar-refractivity contribution in [2.45, 2.75) is 31.8 Å². The largest absolute Gasteiger partial charge is 0.497 e. The van der Waals surface area contributed by atoms with E-state index in [4.69, 9.17) is 4.74 Å². The lowest BCUT2D eigenvalue weighted by Crippen LogP contribution is -2.27. The highest BCUT2D eigenvalue weighted by Crippen LogP contribution is 2.34. The van der Waals surface area contributed by atoms with Crippen molar-refractivity contribution < 1.29 is 4.74 Å². The fraction of sp³-hybridized carbons (Fsp3) is 0.368. The molecule has 0 saturated heterocycles. The average Bonchev–Trinajstić information content (AvgIpc) is 2.54. The van der Waals surface area contributed by atoms with E-state index in [0.29, 0.717) is 6.04 Å². The second-order valence-electron chi connectivity index (χ2n) is 5.87. The summed E-state index contributed by atoms with van der Waals surface area (Å²) in [5, 5.41) is 0. The topological polar surface area (TPSA) is 12.5 Å². The van der Waals surface area contributed by atoms with E-state index < -0.39 is 0 Å². The molecule has 0 spiro atoms. The number of ether oxygens (including phenoxy) is 1. The predicted octanol–water partition coefficient (Wildman–Crippen LogP) is 4.20. The van der Waals surface area contributed by atoms with Crippen molar-refractivity contribution in [2.75, 3.05) is 14.2 Å². The van der Waals surface area contributed by atoms with Gasteiger partial charge in [-0.1, -0.05) is 36.4 Å². The summed E-state index contributed by atoms with van der Waals surface area (Å²) >= 11 is 0. The van der Waals surface area contributed by atoms with Gasteiger partial charge in [-0.2, -0.15) is 0 Å². The van der Waals surface area contributed by atoms with Crippen molar-refractivity contribution in [3.8, 4) is 5.75 Å². The minimum absolute atomic E-state index is 0.529. The summed E-state index contributed by atoms with van der Waals surface area (Å²) in [7, 11) is 3.95. The summed E-state index contributed by atoms with van der Waals surface area (Å²) in [5.41, 5.74) is 4.33. The lowest BCUT2D eigenvalue weighted by atomic mass is 9.87. The van der Waals surface area contributed by atoms with Crippen LogP contribution in [0.3, 0.4) is 0 Å². The maximum atomic E-state index is 5.32. The zero-order chi connectivity index (χ0) is 14.7. The Morgan fingerprint density at radius 2 is 2.00 bits per heavy atom. The molecule has 1 unspecified atom stereocenters. The molecule has 2 aromatic carbocycles. The van der Waals surface area contributed by atoms with Gasteiger partial charge >= 0.3 is 0 Å². The molecular formula is C19H23NO. The third-order valence-corrected chi connectivity index (χ3v) is 4.44. The molecule has 0 heterocycles. The number of nitrogens with zero attached hydrogens (tertiary/aromatic N) is 1. The number of hydrogen-bond acceptors (Lipinski definition) is 2. The molecular weight excluding hydrogens is 258 g/mol. The molecule has 3 rings (SSSR count). The molecule has 0 bridgehead atoms. The molecule has 0 amide bonds. The van der Waals surface area contributed by atoms with Crippen molar-refractivity contribution in [1.29, 1.82) is 0 Å². The molecule has 0 aliphatic heterocycles. The second kappa shape index (κ2) is 6.31. The predicted molar refractivity (Wildman–Crippen MR) is 86.6 cm³/mol. The van der Waals surface area contributed by atoms with Gasteiger partial charge in [-0.25, -0.2) is 0 Å². The summed E-state index contributed by atoms with van der Waals surface area (Å²) in [6.45, 7) is 0.955. The average molecular weight is 281 g/mol. The third-order valence-electron chi connectivity index (χ3n) is 4.44. The van der Waals surface area contributed by atoms with Gasteiger partial charge in [-0.05, 0) is 55.1 Å². The Labute approximate surface area is 127 Å². The highest BCUT2D eigenvalue weighted by Gasteiger charge is 2.23. The number of methoxy groups -OCH3 is 1. The van der Waals surface area contributed by atoms with Crippen LogP contribution < -0.4 is 4.74 Å². The summed E-state index contributed by atoms with van der Waals surface area (Å²) in [5.74, 6) is 0.935. The molecule has 0 saturated carbocycles. The molecule has 2 heteroatoms. The van der Waals surface area contributed by atoms with Crippen LogP contribution in [0.1, 0.15) is 35.6 Å². The van der Waals surface area contributed by atoms with Gasteiger partial charge in [0.2, 0.25) is 0 Å². The normalized spacial score (nSPS) is 17.6. The first kappa shape index (κ1) is 14.2. The van der Waals surface area contributed by atoms with Gasteiger partial charge in [-0.3, -0.25) is 4.90 Å². The Kier molecular flexibility index (Phi) is 4.26. The minimum atomic E-state index is 0.529. The van der Waals surface area contributed by atoms with Crippen LogP contribution in [0.2, 0.25) is 0 Å². The number of benzene rings is 2. The van der Waals surface area contributed by atoms with E-state index in [1.54, 1.807) is 7.11 Å². The van der Waals surface area contributed by atoms with Gasteiger partial charge in [0, 0.05) is 12.6 Å². The van der Waals surface area contributed by atoms with Crippen LogP contribution in [0.25, 0.3) is 0 Å². The van der Waals surface area contributed by atoms with Crippen molar-refractivity contribution in [2.24, 2.45) is 0 Å². The van der Waals surface area contributed by atoms with Crippen LogP contribution in [-0.2, 0) is 13.0 Å². The van der Waals surface area contributed by atoms with Crippen LogP contribution in [0.15, 0.2) is 48.5 Å². The van der Waals surface area contributed by atoms with E-state index in [2.05, 4.69) is 54.4 Å². The van der Waals surface area contributed by atoms with Crippen LogP contribution in [0.4, 0.5) is 0 Å². The van der Waals surface area contributed by atoms with Crippen LogP contribution in [-0.4, -0.2) is 19.1 Å². The summed E-state index contributed by atoms with van der Waals surface area (Å²) in [6, 6.07) is 17.8. The Bertz CT molecular complexity index is 608. The molecule has 2 aromatic rings. The minimum Gasteiger partial charge on any atom is -0.497 e. The summed E-state index contributed by atoms with van der Waals surface area (Å²) in [4.78, 5) is 2.47. The first-order chi connectivity index (χ1) is 10.3. The van der Waals surface area contributed by atoms with Crippen LogP contribution >= 0.6 is 0 Å². The first-order valence-electron chi connectivity index (χ1n) is 7.69. The maximum Gasteiger partial charge on any atom is 0.119 e. The van der Waals surface area contributed by atoms with Crippen molar-refractivity contribution in [1.82, 2.24) is 4.90 Å². The lowest BCUT2D eigenvalue weighted by molar-refractivity contribution is 0.213. The Morgan fingerprint density at radius 1 is 1.14 bits per heavy atom. The summed E-state index contributed by atoms with van der Waals surface area (Å²) < 4.78 is 5.32. The Balaban J connectivity index is 1.78. The highest BCUT2D eigenvalue weighted by molar-refractivity contribution is 5.33. The van der Waals surface area contributed by atoms with Gasteiger partial charge < -0.3 is 4.74 Å². The number of fused-ring (bicyclic) bond motifs is 1. The molecule has 0 radical (unpaired) electrons. The molecule has 0 aromatic heterocycles. The smallest absolute Gasteiger partial charge is 0.119 e. The third kappa shape index (κ3) is 3.11. The van der Waals surface area contributed by atoms with Gasteiger partial charge in [0.1, 0.15) is 5.75 Å². The molecule has 1 aliphatic carbocycles.